The number of nitrogens with zero attached hydrogens (tertiary/aromatic N) is 1. The highest BCUT2D eigenvalue weighted by atomic mass is 16.2. The molecule has 0 radical (unpaired) electrons. The van der Waals surface area contributed by atoms with Gasteiger partial charge in [-0.25, -0.2) is 0 Å². The number of piperazine rings is 1. The van der Waals surface area contributed by atoms with E-state index in [0.29, 0.717) is 13.0 Å². The van der Waals surface area contributed by atoms with Crippen LogP contribution >= 0.6 is 0 Å². The van der Waals surface area contributed by atoms with Gasteiger partial charge in [-0.2, -0.15) is 0 Å². The van der Waals surface area contributed by atoms with Gasteiger partial charge in [0.05, 0.1) is 12.6 Å². The van der Waals surface area contributed by atoms with E-state index in [4.69, 9.17) is 0 Å². The van der Waals surface area contributed by atoms with Crippen LogP contribution in [0.5, 0.6) is 0 Å². The van der Waals surface area contributed by atoms with Crippen molar-refractivity contribution in [2.24, 2.45) is 0 Å². The van der Waals surface area contributed by atoms with Gasteiger partial charge in [0, 0.05) is 13.0 Å². The number of carbonyl (C=O) groups is 2. The van der Waals surface area contributed by atoms with E-state index in [1.54, 1.807) is 13.8 Å². The highest BCUT2D eigenvalue weighted by Crippen LogP contribution is 2.02. The lowest BCUT2D eigenvalue weighted by Gasteiger charge is -2.29. The predicted octanol–water partition coefficient (Wildman–Crippen LogP) is -0.253. The van der Waals surface area contributed by atoms with Gasteiger partial charge in [0.25, 0.3) is 0 Å². The number of hydrogen-bond donors (Lipinski definition) is 1. The Hall–Kier alpha value is -1.34. The molecule has 0 aromatic heterocycles. The Kier molecular flexibility index (Phi) is 3.66. The van der Waals surface area contributed by atoms with Gasteiger partial charge in [-0.15, -0.1) is 11.8 Å². The molecule has 0 bridgehead atoms. The highest BCUT2D eigenvalue weighted by Gasteiger charge is 2.30. The molecule has 1 fully saturated rings. The van der Waals surface area contributed by atoms with Crippen molar-refractivity contribution in [1.29, 1.82) is 0 Å². The maximum absolute atomic E-state index is 11.5. The van der Waals surface area contributed by atoms with Crippen LogP contribution in [0.2, 0.25) is 0 Å². The van der Waals surface area contributed by atoms with Gasteiger partial charge >= 0.3 is 0 Å². The summed E-state index contributed by atoms with van der Waals surface area (Å²) in [6.45, 7) is 4.15. The molecule has 76 valence electrons. The van der Waals surface area contributed by atoms with Gasteiger partial charge in [-0.05, 0) is 13.8 Å². The first-order chi connectivity index (χ1) is 6.66. The molecule has 1 heterocycles. The van der Waals surface area contributed by atoms with E-state index < -0.39 is 0 Å². The third-order valence-corrected chi connectivity index (χ3v) is 2.13. The van der Waals surface area contributed by atoms with Crippen LogP contribution in [0.25, 0.3) is 0 Å². The first-order valence-electron chi connectivity index (χ1n) is 4.64. The fraction of sp³-hybridized carbons (Fsp3) is 0.600. The number of imide groups is 1. The van der Waals surface area contributed by atoms with Crippen molar-refractivity contribution in [3.8, 4) is 11.8 Å². The zero-order valence-corrected chi connectivity index (χ0v) is 8.46. The van der Waals surface area contributed by atoms with Crippen molar-refractivity contribution in [2.45, 2.75) is 26.3 Å². The minimum absolute atomic E-state index is 0.154. The second-order valence-corrected chi connectivity index (χ2v) is 3.16. The highest BCUT2D eigenvalue weighted by molar-refractivity contribution is 6.00. The molecule has 4 nitrogen and oxygen atoms in total. The summed E-state index contributed by atoms with van der Waals surface area (Å²) in [4.78, 5) is 24.1. The van der Waals surface area contributed by atoms with E-state index in [1.165, 1.54) is 4.90 Å². The molecular formula is C10H14N2O2. The minimum Gasteiger partial charge on any atom is -0.298 e. The fourth-order valence-electron chi connectivity index (χ4n) is 1.31. The van der Waals surface area contributed by atoms with Crippen LogP contribution in [-0.2, 0) is 9.59 Å². The molecule has 0 saturated carbocycles. The van der Waals surface area contributed by atoms with E-state index in [2.05, 4.69) is 17.2 Å². The van der Waals surface area contributed by atoms with Crippen LogP contribution in [0, 0.1) is 11.8 Å². The summed E-state index contributed by atoms with van der Waals surface area (Å²) in [5.74, 6) is 5.25. The topological polar surface area (TPSA) is 49.4 Å². The Bertz CT molecular complexity index is 301. The van der Waals surface area contributed by atoms with Crippen molar-refractivity contribution in [2.75, 3.05) is 13.1 Å². The molecule has 1 aliphatic heterocycles. The molecule has 0 aromatic rings. The Balaban J connectivity index is 2.57. The fourth-order valence-corrected chi connectivity index (χ4v) is 1.31. The Morgan fingerprint density at radius 3 is 2.93 bits per heavy atom. The molecular weight excluding hydrogens is 180 g/mol. The summed E-state index contributed by atoms with van der Waals surface area (Å²) in [6.07, 6.45) is 0.556. The van der Waals surface area contributed by atoms with Crippen molar-refractivity contribution < 1.29 is 9.59 Å². The molecule has 1 N–H and O–H groups in total. The van der Waals surface area contributed by atoms with Crippen LogP contribution < -0.4 is 5.32 Å². The summed E-state index contributed by atoms with van der Waals surface area (Å²) in [5.41, 5.74) is 0. The Morgan fingerprint density at radius 1 is 1.57 bits per heavy atom. The summed E-state index contributed by atoms with van der Waals surface area (Å²) in [7, 11) is 0. The molecule has 4 heteroatoms. The van der Waals surface area contributed by atoms with E-state index in [9.17, 15) is 9.59 Å². The second-order valence-electron chi connectivity index (χ2n) is 3.16. The maximum Gasteiger partial charge on any atom is 0.246 e. The van der Waals surface area contributed by atoms with Crippen molar-refractivity contribution >= 4 is 11.8 Å². The monoisotopic (exact) mass is 194 g/mol. The third-order valence-electron chi connectivity index (χ3n) is 2.13. The van der Waals surface area contributed by atoms with E-state index in [-0.39, 0.29) is 24.4 Å². The van der Waals surface area contributed by atoms with E-state index in [0.717, 1.165) is 0 Å². The van der Waals surface area contributed by atoms with Gasteiger partial charge in [0.2, 0.25) is 11.8 Å². The molecule has 14 heavy (non-hydrogen) atoms. The Labute approximate surface area is 83.6 Å². The zero-order chi connectivity index (χ0) is 10.6. The quantitative estimate of drug-likeness (QED) is 0.487. The first kappa shape index (κ1) is 10.7. The van der Waals surface area contributed by atoms with Crippen LogP contribution in [-0.4, -0.2) is 35.8 Å². The zero-order valence-electron chi connectivity index (χ0n) is 8.46. The molecule has 2 amide bonds. The SMILES string of the molecule is CC#CCCN1C(=O)CNC(C)C1=O. The Morgan fingerprint density at radius 2 is 2.29 bits per heavy atom. The first-order valence-corrected chi connectivity index (χ1v) is 4.64. The summed E-state index contributed by atoms with van der Waals surface area (Å²) < 4.78 is 0. The predicted molar refractivity (Wildman–Crippen MR) is 52.3 cm³/mol. The lowest BCUT2D eigenvalue weighted by Crippen LogP contribution is -2.57. The lowest BCUT2D eigenvalue weighted by molar-refractivity contribution is -0.148. The summed E-state index contributed by atoms with van der Waals surface area (Å²) >= 11 is 0. The number of amides is 2. The minimum atomic E-state index is -0.262. The average Bonchev–Trinajstić information content (AvgIpc) is 2.18. The molecule has 1 atom stereocenters. The molecule has 0 aromatic carbocycles. The van der Waals surface area contributed by atoms with Crippen molar-refractivity contribution in [3.05, 3.63) is 0 Å². The summed E-state index contributed by atoms with van der Waals surface area (Å²) in [5, 5.41) is 2.83. The van der Waals surface area contributed by atoms with Crippen LogP contribution in [0.15, 0.2) is 0 Å². The van der Waals surface area contributed by atoms with Crippen LogP contribution in [0.1, 0.15) is 20.3 Å². The molecule has 0 aliphatic carbocycles. The molecule has 1 aliphatic rings. The number of hydrogen-bond acceptors (Lipinski definition) is 3. The van der Waals surface area contributed by atoms with Gasteiger partial charge < -0.3 is 0 Å². The third kappa shape index (κ3) is 2.33. The summed E-state index contributed by atoms with van der Waals surface area (Å²) in [6, 6.07) is -0.262. The molecule has 1 unspecified atom stereocenters. The normalized spacial score (nSPS) is 21.9. The van der Waals surface area contributed by atoms with Gasteiger partial charge in [0.15, 0.2) is 0 Å². The van der Waals surface area contributed by atoms with Gasteiger partial charge in [-0.1, -0.05) is 0 Å². The number of carbonyl (C=O) groups excluding carboxylic acids is 2. The van der Waals surface area contributed by atoms with E-state index >= 15 is 0 Å². The lowest BCUT2D eigenvalue weighted by atomic mass is 10.2. The van der Waals surface area contributed by atoms with Crippen molar-refractivity contribution in [1.82, 2.24) is 10.2 Å². The standard InChI is InChI=1S/C10H14N2O2/c1-3-4-5-6-12-9(13)7-11-8(2)10(12)14/h8,11H,5-7H2,1-2H3. The van der Waals surface area contributed by atoms with Crippen LogP contribution in [0.4, 0.5) is 0 Å². The van der Waals surface area contributed by atoms with E-state index in [1.807, 2.05) is 0 Å². The van der Waals surface area contributed by atoms with Crippen LogP contribution in [0.3, 0.4) is 0 Å². The number of nitrogens with one attached hydrogen (secondary N) is 1. The largest absolute Gasteiger partial charge is 0.298 e. The van der Waals surface area contributed by atoms with Crippen molar-refractivity contribution in [3.63, 3.8) is 0 Å². The van der Waals surface area contributed by atoms with Gasteiger partial charge in [0.1, 0.15) is 0 Å². The smallest absolute Gasteiger partial charge is 0.246 e. The second kappa shape index (κ2) is 4.77. The molecule has 0 spiro atoms. The average molecular weight is 194 g/mol. The maximum atomic E-state index is 11.5. The molecule has 1 rings (SSSR count). The van der Waals surface area contributed by atoms with Gasteiger partial charge in [-0.3, -0.25) is 19.8 Å². The molecule has 1 saturated heterocycles. The number of rotatable bonds is 2.